The molecule has 1 saturated carbocycles. The number of nitrogens with zero attached hydrogens (tertiary/aromatic N) is 2. The van der Waals surface area contributed by atoms with Gasteiger partial charge in [0.25, 0.3) is 5.91 Å². The van der Waals surface area contributed by atoms with E-state index in [1.165, 1.54) is 11.1 Å². The van der Waals surface area contributed by atoms with Gasteiger partial charge < -0.3 is 24.4 Å². The number of halogens is 5. The van der Waals surface area contributed by atoms with Gasteiger partial charge in [-0.1, -0.05) is 87.1 Å². The average Bonchev–Trinajstić information content (AvgIpc) is 3.93. The molecule has 3 aromatic rings. The molecule has 1 N–H and O–H groups in total. The second kappa shape index (κ2) is 17.2. The molecule has 3 aliphatic rings. The summed E-state index contributed by atoms with van der Waals surface area (Å²) >= 11 is 22.1. The smallest absolute Gasteiger partial charge is 0.411 e. The maximum absolute atomic E-state index is 14.9. The highest BCUT2D eigenvalue weighted by Gasteiger charge is 2.50. The summed E-state index contributed by atoms with van der Waals surface area (Å²) in [5.41, 5.74) is 3.44. The first-order valence-electron chi connectivity index (χ1n) is 17.3. The molecule has 3 aromatic carbocycles. The highest BCUT2D eigenvalue weighted by Crippen LogP contribution is 2.43. The van der Waals surface area contributed by atoms with Crippen molar-refractivity contribution >= 4 is 80.7 Å². The monoisotopic (exact) mass is 853 g/mol. The molecule has 8 nitrogen and oxygen atoms in total. The fourth-order valence-electron chi connectivity index (χ4n) is 6.67. The van der Waals surface area contributed by atoms with Gasteiger partial charge in [0, 0.05) is 35.7 Å². The largest absolute Gasteiger partial charge is 0.490 e. The van der Waals surface area contributed by atoms with Gasteiger partial charge in [0.05, 0.1) is 12.1 Å². The molecule has 0 spiro atoms. The lowest BCUT2D eigenvalue weighted by Gasteiger charge is -2.48. The number of fused-ring (bicyclic) bond motifs is 2. The molecule has 0 aromatic heterocycles. The Balaban J connectivity index is 0.00000523. The number of benzene rings is 3. The zero-order valence-electron chi connectivity index (χ0n) is 29.4. The molecule has 280 valence electrons. The number of rotatable bonds is 12. The standard InChI is InChI=1S/C39H43BrCl3N3O5.ClH/c1-25-6-4-5-7-26(25)18-19-45(29-12-13-29)36(47)35-33(22-30-23-44-24-34(35)46(30)37(48)51-38(2,3)39(41,42)43)27-8-14-31(15-9-27)49-20-21-50-32-16-10-28(40)11-17-32;/h4-11,14-17,29-30,34,44H,12-13,18-24H2,1-3H3;1H/t30?,34-;/m1./s1. The third kappa shape index (κ3) is 9.52. The van der Waals surface area contributed by atoms with Crippen molar-refractivity contribution in [1.82, 2.24) is 15.1 Å². The molecule has 2 atom stereocenters. The van der Waals surface area contributed by atoms with E-state index in [4.69, 9.17) is 49.0 Å². The van der Waals surface area contributed by atoms with Gasteiger partial charge in [0.1, 0.15) is 24.7 Å². The van der Waals surface area contributed by atoms with Crippen LogP contribution in [0.2, 0.25) is 0 Å². The third-order valence-corrected chi connectivity index (χ3v) is 11.7. The highest BCUT2D eigenvalue weighted by molar-refractivity contribution is 9.10. The van der Waals surface area contributed by atoms with Crippen LogP contribution in [0, 0.1) is 6.92 Å². The summed E-state index contributed by atoms with van der Waals surface area (Å²) in [6, 6.07) is 23.0. The van der Waals surface area contributed by atoms with Crippen LogP contribution in [0.4, 0.5) is 4.79 Å². The van der Waals surface area contributed by atoms with Gasteiger partial charge >= 0.3 is 6.09 Å². The van der Waals surface area contributed by atoms with E-state index in [1.807, 2.05) is 65.6 Å². The number of hydrogen-bond donors (Lipinski definition) is 1. The van der Waals surface area contributed by atoms with Gasteiger partial charge in [-0.15, -0.1) is 12.4 Å². The van der Waals surface area contributed by atoms with Crippen LogP contribution in [0.5, 0.6) is 11.5 Å². The minimum Gasteiger partial charge on any atom is -0.490 e. The van der Waals surface area contributed by atoms with Crippen molar-refractivity contribution < 1.29 is 23.8 Å². The molecule has 52 heavy (non-hydrogen) atoms. The van der Waals surface area contributed by atoms with Gasteiger partial charge in [0.15, 0.2) is 5.60 Å². The van der Waals surface area contributed by atoms with Crippen molar-refractivity contribution in [2.24, 2.45) is 0 Å². The van der Waals surface area contributed by atoms with Gasteiger partial charge in [-0.05, 0) is 105 Å². The molecular formula is C39H44BrCl4N3O5. The summed E-state index contributed by atoms with van der Waals surface area (Å²) in [5.74, 6) is 1.41. The molecule has 1 aliphatic carbocycles. The molecule has 1 saturated heterocycles. The molecule has 2 aliphatic heterocycles. The minimum absolute atomic E-state index is 0. The first-order chi connectivity index (χ1) is 24.3. The van der Waals surface area contributed by atoms with E-state index in [1.54, 1.807) is 18.7 Å². The number of hydrogen-bond acceptors (Lipinski definition) is 6. The van der Waals surface area contributed by atoms with E-state index < -0.39 is 21.5 Å². The topological polar surface area (TPSA) is 80.3 Å². The van der Waals surface area contributed by atoms with Crippen LogP contribution in [0.25, 0.3) is 5.57 Å². The molecule has 2 fully saturated rings. The first-order valence-corrected chi connectivity index (χ1v) is 19.2. The van der Waals surface area contributed by atoms with Gasteiger partial charge in [-0.25, -0.2) is 4.79 Å². The summed E-state index contributed by atoms with van der Waals surface area (Å²) in [5, 5.41) is 3.46. The molecule has 2 bridgehead atoms. The van der Waals surface area contributed by atoms with E-state index in [0.29, 0.717) is 50.6 Å². The zero-order valence-corrected chi connectivity index (χ0v) is 34.1. The normalized spacial score (nSPS) is 18.7. The van der Waals surface area contributed by atoms with E-state index in [-0.39, 0.29) is 30.4 Å². The molecule has 13 heteroatoms. The number of ether oxygens (including phenoxy) is 3. The van der Waals surface area contributed by atoms with E-state index in [9.17, 15) is 9.59 Å². The number of nitrogens with one attached hydrogen (secondary N) is 1. The number of carbonyl (C=O) groups excluding carboxylic acids is 2. The van der Waals surface area contributed by atoms with Crippen LogP contribution < -0.4 is 14.8 Å². The summed E-state index contributed by atoms with van der Waals surface area (Å²) in [6.45, 7) is 7.50. The maximum atomic E-state index is 14.9. The second-order valence-electron chi connectivity index (χ2n) is 13.8. The SMILES string of the molecule is Cc1ccccc1CCN(C(=O)C1=C(c2ccc(OCCOc3ccc(Br)cc3)cc2)CC2CNC[C@H]1N2C(=O)OC(C)(C)C(Cl)(Cl)Cl)C1CC1.Cl. The van der Waals surface area contributed by atoms with Crippen LogP contribution in [0.3, 0.4) is 0 Å². The maximum Gasteiger partial charge on any atom is 0.411 e. The minimum atomic E-state index is -1.85. The molecular weight excluding hydrogens is 812 g/mol. The van der Waals surface area contributed by atoms with E-state index in [2.05, 4.69) is 40.3 Å². The van der Waals surface area contributed by atoms with Crippen LogP contribution in [-0.4, -0.2) is 82.2 Å². The van der Waals surface area contributed by atoms with Gasteiger partial charge in [0.2, 0.25) is 3.79 Å². The Morgan fingerprint density at radius 3 is 2.13 bits per heavy atom. The lowest BCUT2D eigenvalue weighted by Crippen LogP contribution is -2.64. The predicted octanol–water partition coefficient (Wildman–Crippen LogP) is 8.96. The third-order valence-electron chi connectivity index (χ3n) is 9.78. The quantitative estimate of drug-likeness (QED) is 0.145. The number of alkyl halides is 3. The summed E-state index contributed by atoms with van der Waals surface area (Å²) in [7, 11) is 0. The Hall–Kier alpha value is -2.66. The number of carbonyl (C=O) groups is 2. The number of amides is 2. The molecule has 0 radical (unpaired) electrons. The summed E-state index contributed by atoms with van der Waals surface area (Å²) in [4.78, 5) is 32.6. The fourth-order valence-corrected chi connectivity index (χ4v) is 7.05. The van der Waals surface area contributed by atoms with Crippen LogP contribution >= 0.6 is 63.1 Å². The van der Waals surface area contributed by atoms with Gasteiger partial charge in [-0.3, -0.25) is 9.69 Å². The molecule has 1 unspecified atom stereocenters. The van der Waals surface area contributed by atoms with Crippen LogP contribution in [0.15, 0.2) is 82.8 Å². The van der Waals surface area contributed by atoms with Crippen molar-refractivity contribution in [2.75, 3.05) is 32.8 Å². The Morgan fingerprint density at radius 1 is 0.923 bits per heavy atom. The zero-order chi connectivity index (χ0) is 36.3. The summed E-state index contributed by atoms with van der Waals surface area (Å²) < 4.78 is 16.8. The van der Waals surface area contributed by atoms with Crippen molar-refractivity contribution in [3.63, 3.8) is 0 Å². The molecule has 2 amide bonds. The second-order valence-corrected chi connectivity index (χ2v) is 17.0. The average molecular weight is 857 g/mol. The van der Waals surface area contributed by atoms with E-state index >= 15 is 0 Å². The number of aryl methyl sites for hydroxylation is 1. The molecule has 6 rings (SSSR count). The van der Waals surface area contributed by atoms with Gasteiger partial charge in [-0.2, -0.15) is 0 Å². The Labute approximate surface area is 335 Å². The predicted molar refractivity (Wildman–Crippen MR) is 213 cm³/mol. The Bertz CT molecular complexity index is 1750. The summed E-state index contributed by atoms with van der Waals surface area (Å²) in [6.07, 6.45) is 2.48. The first kappa shape index (κ1) is 40.5. The van der Waals surface area contributed by atoms with Crippen LogP contribution in [0.1, 0.15) is 49.8 Å². The van der Waals surface area contributed by atoms with Crippen molar-refractivity contribution in [3.8, 4) is 11.5 Å². The Morgan fingerprint density at radius 2 is 1.54 bits per heavy atom. The molecule has 2 heterocycles. The lowest BCUT2D eigenvalue weighted by molar-refractivity contribution is -0.128. The highest BCUT2D eigenvalue weighted by atomic mass is 79.9. The van der Waals surface area contributed by atoms with Crippen LogP contribution in [-0.2, 0) is 16.0 Å². The lowest BCUT2D eigenvalue weighted by atomic mass is 9.82. The van der Waals surface area contributed by atoms with Crippen molar-refractivity contribution in [1.29, 1.82) is 0 Å². The fraction of sp³-hybridized carbons (Fsp3) is 0.436. The van der Waals surface area contributed by atoms with Crippen molar-refractivity contribution in [3.05, 3.63) is 99.5 Å². The number of piperazine rings is 1. The van der Waals surface area contributed by atoms with Crippen molar-refractivity contribution in [2.45, 2.75) is 74.0 Å². The Kier molecular flexibility index (Phi) is 13.4. The van der Waals surface area contributed by atoms with E-state index in [0.717, 1.165) is 40.6 Å².